The van der Waals surface area contributed by atoms with E-state index in [9.17, 15) is 0 Å². The first-order valence-corrected chi connectivity index (χ1v) is 25.9. The Labute approximate surface area is 301 Å². The zero-order valence-corrected chi connectivity index (χ0v) is 33.9. The molecule has 0 unspecified atom stereocenters. The summed E-state index contributed by atoms with van der Waals surface area (Å²) in [7, 11) is 0. The predicted octanol–water partition coefficient (Wildman–Crippen LogP) is 15.5. The Morgan fingerprint density at radius 2 is 0.543 bits per heavy atom. The van der Waals surface area contributed by atoms with Crippen molar-refractivity contribution >= 4 is 36.9 Å². The molecule has 2 rings (SSSR count). The van der Waals surface area contributed by atoms with E-state index in [2.05, 4.69) is 96.6 Å². The van der Waals surface area contributed by atoms with Crippen molar-refractivity contribution in [1.82, 2.24) is 0 Å². The topological polar surface area (TPSA) is 0 Å². The van der Waals surface area contributed by atoms with Crippen LogP contribution in [0.25, 0.3) is 0 Å². The molecule has 0 heterocycles. The molecule has 0 saturated heterocycles. The van der Waals surface area contributed by atoms with E-state index in [-0.39, 0.29) is 0 Å². The first kappa shape index (κ1) is 41.8. The van der Waals surface area contributed by atoms with E-state index < -0.39 is 4.25 Å². The van der Waals surface area contributed by atoms with Crippen LogP contribution >= 0.6 is 26.3 Å². The molecule has 0 bridgehead atoms. The van der Waals surface area contributed by atoms with Gasteiger partial charge in [0.2, 0.25) is 0 Å². The second-order valence-corrected chi connectivity index (χ2v) is 26.4. The molecule has 2 heteroatoms. The summed E-state index contributed by atoms with van der Waals surface area (Å²) in [6.07, 6.45) is 42.9. The van der Waals surface area contributed by atoms with Crippen molar-refractivity contribution < 1.29 is 0 Å². The standard InChI is InChI=1S/C44H76IP/c1-3-5-7-9-11-13-15-17-19-21-23-25-27-35-41-46(45,43-37-31-29-32-38-43,44-39-33-30-34-40-44)42-36-28-26-24-22-20-18-16-14-12-10-8-6-4-2/h29-34,37-40H,3-28,35-36,41-42H2,1-2H3. The van der Waals surface area contributed by atoms with E-state index in [1.54, 1.807) is 10.6 Å². The second-order valence-electron chi connectivity index (χ2n) is 14.7. The molecule has 0 N–H and O–H groups in total. The number of unbranched alkanes of at least 4 members (excludes halogenated alkanes) is 26. The zero-order chi connectivity index (χ0) is 32.9. The number of benzene rings is 2. The quantitative estimate of drug-likeness (QED) is 0.0396. The van der Waals surface area contributed by atoms with Crippen molar-refractivity contribution in [3.8, 4) is 0 Å². The molecule has 0 radical (unpaired) electrons. The van der Waals surface area contributed by atoms with Crippen LogP contribution in [0.15, 0.2) is 60.7 Å². The van der Waals surface area contributed by atoms with Gasteiger partial charge < -0.3 is 0 Å². The van der Waals surface area contributed by atoms with E-state index >= 15 is 0 Å². The first-order valence-electron chi connectivity index (χ1n) is 20.5. The summed E-state index contributed by atoms with van der Waals surface area (Å²) in [5, 5.41) is 3.29. The Balaban J connectivity index is 1.77. The maximum atomic E-state index is 3.07. The van der Waals surface area contributed by atoms with Crippen molar-refractivity contribution in [2.24, 2.45) is 0 Å². The molecule has 0 fully saturated rings. The summed E-state index contributed by atoms with van der Waals surface area (Å²) < 4.78 is -2.29. The summed E-state index contributed by atoms with van der Waals surface area (Å²) in [6, 6.07) is 23.5. The molecule has 0 aromatic heterocycles. The van der Waals surface area contributed by atoms with E-state index in [0.29, 0.717) is 0 Å². The van der Waals surface area contributed by atoms with Crippen molar-refractivity contribution in [2.45, 2.75) is 194 Å². The maximum absolute atomic E-state index is 3.07. The molecule has 2 aromatic rings. The van der Waals surface area contributed by atoms with Crippen LogP contribution in [0, 0.1) is 0 Å². The number of halogens is 1. The van der Waals surface area contributed by atoms with Gasteiger partial charge in [0.25, 0.3) is 0 Å². The van der Waals surface area contributed by atoms with Crippen molar-refractivity contribution in [1.29, 1.82) is 0 Å². The van der Waals surface area contributed by atoms with Crippen LogP contribution in [0.4, 0.5) is 0 Å². The minimum absolute atomic E-state index is 1.36. The van der Waals surface area contributed by atoms with Crippen LogP contribution < -0.4 is 10.6 Å². The van der Waals surface area contributed by atoms with Crippen molar-refractivity contribution in [3.05, 3.63) is 60.7 Å². The molecule has 2 aromatic carbocycles. The average Bonchev–Trinajstić information content (AvgIpc) is 3.09. The molecule has 0 spiro atoms. The number of hydrogen-bond acceptors (Lipinski definition) is 0. The van der Waals surface area contributed by atoms with Crippen molar-refractivity contribution in [3.63, 3.8) is 0 Å². The Morgan fingerprint density at radius 1 is 0.326 bits per heavy atom. The Kier molecular flexibility index (Phi) is 24.9. The van der Waals surface area contributed by atoms with Gasteiger partial charge in [-0.25, -0.2) is 0 Å². The summed E-state index contributed by atoms with van der Waals surface area (Å²) in [6.45, 7) is 4.62. The van der Waals surface area contributed by atoms with Crippen LogP contribution in [0.1, 0.15) is 194 Å². The molecule has 264 valence electrons. The normalized spacial score (nSPS) is 12.7. The first-order chi connectivity index (χ1) is 22.6. The third-order valence-electron chi connectivity index (χ3n) is 10.7. The van der Waals surface area contributed by atoms with E-state index in [1.807, 2.05) is 0 Å². The van der Waals surface area contributed by atoms with Gasteiger partial charge in [0.05, 0.1) is 0 Å². The van der Waals surface area contributed by atoms with Gasteiger partial charge >= 0.3 is 251 Å². The molecule has 0 nitrogen and oxygen atoms in total. The van der Waals surface area contributed by atoms with E-state index in [1.165, 1.54) is 192 Å². The summed E-state index contributed by atoms with van der Waals surface area (Å²) >= 11 is 3.07. The molecule has 0 aliphatic heterocycles. The molecular formula is C44H76IP. The van der Waals surface area contributed by atoms with Crippen LogP contribution in [0.5, 0.6) is 0 Å². The van der Waals surface area contributed by atoms with Crippen LogP contribution in [-0.4, -0.2) is 12.3 Å². The molecule has 0 aliphatic carbocycles. The van der Waals surface area contributed by atoms with Crippen LogP contribution in [0.2, 0.25) is 0 Å². The van der Waals surface area contributed by atoms with Gasteiger partial charge in [-0.2, -0.15) is 0 Å². The minimum atomic E-state index is -2.29. The summed E-state index contributed by atoms with van der Waals surface area (Å²) in [5.41, 5.74) is 0. The predicted molar refractivity (Wildman–Crippen MR) is 223 cm³/mol. The molecule has 0 atom stereocenters. The van der Waals surface area contributed by atoms with E-state index in [4.69, 9.17) is 0 Å². The van der Waals surface area contributed by atoms with Gasteiger partial charge in [0.1, 0.15) is 0 Å². The van der Waals surface area contributed by atoms with Gasteiger partial charge in [-0.05, 0) is 0 Å². The fourth-order valence-corrected chi connectivity index (χ4v) is 16.6. The zero-order valence-electron chi connectivity index (χ0n) is 30.8. The Morgan fingerprint density at radius 3 is 0.783 bits per heavy atom. The van der Waals surface area contributed by atoms with Gasteiger partial charge in [0.15, 0.2) is 0 Å². The Hall–Kier alpha value is -0.400. The third-order valence-corrected chi connectivity index (χ3v) is 22.3. The van der Waals surface area contributed by atoms with Crippen LogP contribution in [-0.2, 0) is 0 Å². The fourth-order valence-electron chi connectivity index (χ4n) is 7.59. The van der Waals surface area contributed by atoms with Gasteiger partial charge in [-0.3, -0.25) is 0 Å². The summed E-state index contributed by atoms with van der Waals surface area (Å²) in [4.78, 5) is 0. The molecule has 0 aliphatic rings. The SMILES string of the molecule is CCCCCCCCCCCCCCCCP(I)(CCCCCCCCCCCCCCCC)(c1ccccc1)c1ccccc1. The number of rotatable bonds is 32. The summed E-state index contributed by atoms with van der Waals surface area (Å²) in [5.74, 6) is 0. The van der Waals surface area contributed by atoms with Gasteiger partial charge in [-0.1, -0.05) is 52.4 Å². The average molecular weight is 763 g/mol. The third kappa shape index (κ3) is 17.3. The second kappa shape index (κ2) is 27.4. The molecular weight excluding hydrogens is 686 g/mol. The molecule has 0 amide bonds. The number of hydrogen-bond donors (Lipinski definition) is 0. The monoisotopic (exact) mass is 762 g/mol. The van der Waals surface area contributed by atoms with Crippen LogP contribution in [0.3, 0.4) is 0 Å². The van der Waals surface area contributed by atoms with Gasteiger partial charge in [-0.15, -0.1) is 0 Å². The Bertz CT molecular complexity index is 850. The molecule has 46 heavy (non-hydrogen) atoms. The van der Waals surface area contributed by atoms with E-state index in [0.717, 1.165) is 0 Å². The fraction of sp³-hybridized carbons (Fsp3) is 0.727. The van der Waals surface area contributed by atoms with Crippen molar-refractivity contribution in [2.75, 3.05) is 12.3 Å². The van der Waals surface area contributed by atoms with Gasteiger partial charge in [0, 0.05) is 0 Å². The molecule has 0 saturated carbocycles.